The largest absolute Gasteiger partial charge is 0.392 e. The van der Waals surface area contributed by atoms with Crippen molar-refractivity contribution in [2.24, 2.45) is 0 Å². The SMILES string of the molecule is CC1(C)CC(=O)c2ccc(CO)cc2S1. The standard InChI is InChI=1S/C12H14O2S/c1-12(2)6-10(14)9-4-3-8(7-13)5-11(9)15-12/h3-5,13H,6-7H2,1-2H3. The first kappa shape index (κ1) is 10.7. The number of thioether (sulfide) groups is 1. The van der Waals surface area contributed by atoms with Crippen LogP contribution in [0, 0.1) is 0 Å². The molecule has 1 aliphatic rings. The number of aliphatic hydroxyl groups excluding tert-OH is 1. The maximum absolute atomic E-state index is 11.8. The monoisotopic (exact) mass is 222 g/mol. The Labute approximate surface area is 93.7 Å². The highest BCUT2D eigenvalue weighted by Gasteiger charge is 2.31. The number of carbonyl (C=O) groups is 1. The maximum atomic E-state index is 11.8. The summed E-state index contributed by atoms with van der Waals surface area (Å²) in [6.45, 7) is 4.18. The van der Waals surface area contributed by atoms with Crippen LogP contribution in [0.3, 0.4) is 0 Å². The minimum atomic E-state index is -0.0296. The lowest BCUT2D eigenvalue weighted by atomic mass is 9.98. The molecule has 0 amide bonds. The molecule has 1 heterocycles. The summed E-state index contributed by atoms with van der Waals surface area (Å²) >= 11 is 1.72. The molecule has 1 aromatic carbocycles. The van der Waals surface area contributed by atoms with E-state index < -0.39 is 0 Å². The van der Waals surface area contributed by atoms with Crippen LogP contribution in [-0.4, -0.2) is 15.6 Å². The third kappa shape index (κ3) is 2.08. The van der Waals surface area contributed by atoms with Gasteiger partial charge in [0.2, 0.25) is 0 Å². The van der Waals surface area contributed by atoms with E-state index in [1.54, 1.807) is 11.8 Å². The van der Waals surface area contributed by atoms with E-state index in [-0.39, 0.29) is 17.1 Å². The molecule has 0 atom stereocenters. The van der Waals surface area contributed by atoms with Gasteiger partial charge in [-0.1, -0.05) is 6.07 Å². The lowest BCUT2D eigenvalue weighted by molar-refractivity contribution is 0.0967. The fourth-order valence-corrected chi connectivity index (χ4v) is 3.10. The lowest BCUT2D eigenvalue weighted by Gasteiger charge is -2.29. The minimum Gasteiger partial charge on any atom is -0.392 e. The number of carbonyl (C=O) groups excluding carboxylic acids is 1. The molecule has 1 aromatic rings. The van der Waals surface area contributed by atoms with Crippen LogP contribution in [0.2, 0.25) is 0 Å². The summed E-state index contributed by atoms with van der Waals surface area (Å²) in [7, 11) is 0. The van der Waals surface area contributed by atoms with Gasteiger partial charge in [0.25, 0.3) is 0 Å². The molecule has 15 heavy (non-hydrogen) atoms. The molecule has 0 bridgehead atoms. The molecule has 3 heteroatoms. The summed E-state index contributed by atoms with van der Waals surface area (Å²) in [5.74, 6) is 0.207. The molecule has 0 radical (unpaired) electrons. The van der Waals surface area contributed by atoms with Crippen LogP contribution >= 0.6 is 11.8 Å². The van der Waals surface area contributed by atoms with Crippen LogP contribution in [0.5, 0.6) is 0 Å². The number of rotatable bonds is 1. The number of hydrogen-bond donors (Lipinski definition) is 1. The van der Waals surface area contributed by atoms with E-state index in [9.17, 15) is 4.79 Å². The van der Waals surface area contributed by atoms with Crippen molar-refractivity contribution in [1.29, 1.82) is 0 Å². The Bertz CT molecular complexity index is 410. The summed E-state index contributed by atoms with van der Waals surface area (Å²) in [6.07, 6.45) is 0.586. The molecule has 0 fully saturated rings. The molecule has 80 valence electrons. The van der Waals surface area contributed by atoms with Crippen LogP contribution in [0.1, 0.15) is 36.2 Å². The Morgan fingerprint density at radius 2 is 2.20 bits per heavy atom. The van der Waals surface area contributed by atoms with E-state index in [0.717, 1.165) is 16.0 Å². The van der Waals surface area contributed by atoms with Crippen molar-refractivity contribution < 1.29 is 9.90 Å². The van der Waals surface area contributed by atoms with Crippen molar-refractivity contribution in [3.8, 4) is 0 Å². The molecular formula is C12H14O2S. The number of hydrogen-bond acceptors (Lipinski definition) is 3. The summed E-state index contributed by atoms with van der Waals surface area (Å²) in [6, 6.07) is 5.56. The van der Waals surface area contributed by atoms with Gasteiger partial charge in [-0.2, -0.15) is 0 Å². The van der Waals surface area contributed by atoms with Crippen LogP contribution in [0.15, 0.2) is 23.1 Å². The highest BCUT2D eigenvalue weighted by molar-refractivity contribution is 8.00. The minimum absolute atomic E-state index is 0.0296. The first-order chi connectivity index (χ1) is 7.02. The Morgan fingerprint density at radius 3 is 2.87 bits per heavy atom. The normalized spacial score (nSPS) is 18.7. The second kappa shape index (κ2) is 3.65. The van der Waals surface area contributed by atoms with Gasteiger partial charge in [-0.25, -0.2) is 0 Å². The van der Waals surface area contributed by atoms with Gasteiger partial charge in [-0.15, -0.1) is 11.8 Å². The van der Waals surface area contributed by atoms with Crippen molar-refractivity contribution in [3.63, 3.8) is 0 Å². The van der Waals surface area contributed by atoms with Gasteiger partial charge in [0.1, 0.15) is 0 Å². The van der Waals surface area contributed by atoms with Crippen molar-refractivity contribution in [2.75, 3.05) is 0 Å². The Balaban J connectivity index is 2.46. The third-order valence-electron chi connectivity index (χ3n) is 2.50. The summed E-state index contributed by atoms with van der Waals surface area (Å²) in [5.41, 5.74) is 1.67. The number of Topliss-reactive ketones (excluding diaryl/α,β-unsaturated/α-hetero) is 1. The van der Waals surface area contributed by atoms with Gasteiger partial charge in [0, 0.05) is 21.6 Å². The van der Waals surface area contributed by atoms with E-state index in [1.165, 1.54) is 0 Å². The molecule has 1 N–H and O–H groups in total. The molecule has 0 unspecified atom stereocenters. The molecular weight excluding hydrogens is 208 g/mol. The predicted octanol–water partition coefficient (Wildman–Crippen LogP) is 2.64. The number of fused-ring (bicyclic) bond motifs is 1. The smallest absolute Gasteiger partial charge is 0.165 e. The van der Waals surface area contributed by atoms with Gasteiger partial charge in [-0.05, 0) is 31.5 Å². The number of ketones is 1. The van der Waals surface area contributed by atoms with Gasteiger partial charge >= 0.3 is 0 Å². The van der Waals surface area contributed by atoms with Crippen LogP contribution < -0.4 is 0 Å². The number of aliphatic hydroxyl groups is 1. The van der Waals surface area contributed by atoms with E-state index >= 15 is 0 Å². The molecule has 0 saturated heterocycles. The highest BCUT2D eigenvalue weighted by atomic mass is 32.2. The highest BCUT2D eigenvalue weighted by Crippen LogP contribution is 2.42. The number of benzene rings is 1. The molecule has 0 aromatic heterocycles. The van der Waals surface area contributed by atoms with Crippen molar-refractivity contribution in [3.05, 3.63) is 29.3 Å². The Kier molecular flexibility index (Phi) is 2.61. The summed E-state index contributed by atoms with van der Waals surface area (Å²) in [4.78, 5) is 12.8. The fourth-order valence-electron chi connectivity index (χ4n) is 1.80. The molecule has 0 saturated carbocycles. The van der Waals surface area contributed by atoms with E-state index in [2.05, 4.69) is 13.8 Å². The lowest BCUT2D eigenvalue weighted by Crippen LogP contribution is -2.25. The Hall–Kier alpha value is -0.800. The average Bonchev–Trinajstić information content (AvgIpc) is 2.14. The third-order valence-corrected chi connectivity index (χ3v) is 3.76. The topological polar surface area (TPSA) is 37.3 Å². The summed E-state index contributed by atoms with van der Waals surface area (Å²) < 4.78 is -0.0296. The zero-order valence-corrected chi connectivity index (χ0v) is 9.73. The van der Waals surface area contributed by atoms with Crippen LogP contribution in [0.4, 0.5) is 0 Å². The van der Waals surface area contributed by atoms with E-state index in [4.69, 9.17) is 5.11 Å². The predicted molar refractivity (Wildman–Crippen MR) is 61.2 cm³/mol. The second-order valence-electron chi connectivity index (χ2n) is 4.45. The molecule has 0 spiro atoms. The molecule has 0 aliphatic carbocycles. The van der Waals surface area contributed by atoms with Crippen molar-refractivity contribution in [1.82, 2.24) is 0 Å². The van der Waals surface area contributed by atoms with E-state index in [1.807, 2.05) is 18.2 Å². The average molecular weight is 222 g/mol. The maximum Gasteiger partial charge on any atom is 0.165 e. The zero-order chi connectivity index (χ0) is 11.1. The quantitative estimate of drug-likeness (QED) is 0.793. The molecule has 1 aliphatic heterocycles. The summed E-state index contributed by atoms with van der Waals surface area (Å²) in [5, 5.41) is 9.04. The van der Waals surface area contributed by atoms with Crippen LogP contribution in [-0.2, 0) is 6.61 Å². The van der Waals surface area contributed by atoms with E-state index in [0.29, 0.717) is 6.42 Å². The van der Waals surface area contributed by atoms with Crippen molar-refractivity contribution in [2.45, 2.75) is 36.5 Å². The fraction of sp³-hybridized carbons (Fsp3) is 0.417. The first-order valence-corrected chi connectivity index (χ1v) is 5.79. The molecule has 2 nitrogen and oxygen atoms in total. The first-order valence-electron chi connectivity index (χ1n) is 4.98. The Morgan fingerprint density at radius 1 is 1.47 bits per heavy atom. The molecule has 2 rings (SSSR count). The van der Waals surface area contributed by atoms with Gasteiger partial charge in [-0.3, -0.25) is 4.79 Å². The van der Waals surface area contributed by atoms with Gasteiger partial charge < -0.3 is 5.11 Å². The van der Waals surface area contributed by atoms with Gasteiger partial charge in [0.15, 0.2) is 5.78 Å². The van der Waals surface area contributed by atoms with Crippen LogP contribution in [0.25, 0.3) is 0 Å². The zero-order valence-electron chi connectivity index (χ0n) is 8.91. The second-order valence-corrected chi connectivity index (χ2v) is 6.20. The van der Waals surface area contributed by atoms with Crippen molar-refractivity contribution >= 4 is 17.5 Å². The van der Waals surface area contributed by atoms with Gasteiger partial charge in [0.05, 0.1) is 6.61 Å².